The van der Waals surface area contributed by atoms with Crippen molar-refractivity contribution in [3.63, 3.8) is 0 Å². The molecule has 10 atom stereocenters. The van der Waals surface area contributed by atoms with Gasteiger partial charge in [-0.3, -0.25) is 19.8 Å². The number of benzene rings is 3. The zero-order valence-electron chi connectivity index (χ0n) is 33.2. The molecule has 3 aromatic carbocycles. The Bertz CT molecular complexity index is 2340. The molecule has 10 unspecified atom stereocenters. The molecule has 0 radical (unpaired) electrons. The summed E-state index contributed by atoms with van der Waals surface area (Å²) in [7, 11) is 3.40. The average molecular weight is 775 g/mol. The molecule has 0 amide bonds. The highest BCUT2D eigenvalue weighted by Crippen LogP contribution is 2.47. The van der Waals surface area contributed by atoms with Crippen LogP contribution < -0.4 is 18.9 Å². The molecular weight excluding hydrogens is 725 g/mol. The van der Waals surface area contributed by atoms with Gasteiger partial charge in [-0.15, -0.1) is 23.4 Å². The Labute approximate surface area is 339 Å². The first-order chi connectivity index (χ1) is 28.5. The largest absolute Gasteiger partial charge is 0.497 e. The van der Waals surface area contributed by atoms with E-state index in [-0.39, 0.29) is 24.3 Å². The van der Waals surface area contributed by atoms with Crippen molar-refractivity contribution in [2.24, 2.45) is 23.7 Å². The summed E-state index contributed by atoms with van der Waals surface area (Å²) in [5.74, 6) is 4.57. The maximum Gasteiger partial charge on any atom is 0.242 e. The molecule has 10 heteroatoms. The zero-order chi connectivity index (χ0) is 39.3. The SMILES string of the molecule is C=CC1CN2CCC1CC2C(Oc1nnc(OC(c2ccnc3ccc(OC)cc23)C2CC3CCN2CC3C=C)c2ccccc12)c1ccnc2ccc(OC)cc12. The Hall–Kier alpha value is -5.58. The molecule has 6 aliphatic rings. The van der Waals surface area contributed by atoms with Crippen molar-refractivity contribution in [3.05, 3.63) is 122 Å². The van der Waals surface area contributed by atoms with E-state index >= 15 is 0 Å². The summed E-state index contributed by atoms with van der Waals surface area (Å²) >= 11 is 0. The maximum absolute atomic E-state index is 7.26. The lowest BCUT2D eigenvalue weighted by Crippen LogP contribution is -2.55. The van der Waals surface area contributed by atoms with Gasteiger partial charge in [-0.1, -0.05) is 24.3 Å². The van der Waals surface area contributed by atoms with Crippen LogP contribution in [-0.4, -0.2) is 82.4 Å². The zero-order valence-corrected chi connectivity index (χ0v) is 33.2. The van der Waals surface area contributed by atoms with Crippen LogP contribution in [0.2, 0.25) is 0 Å². The lowest BCUT2D eigenvalue weighted by atomic mass is 9.73. The van der Waals surface area contributed by atoms with Gasteiger partial charge in [0, 0.05) is 47.4 Å². The van der Waals surface area contributed by atoms with Gasteiger partial charge in [-0.2, -0.15) is 0 Å². The van der Waals surface area contributed by atoms with Crippen molar-refractivity contribution in [1.29, 1.82) is 0 Å². The Morgan fingerprint density at radius 3 is 1.48 bits per heavy atom. The summed E-state index contributed by atoms with van der Waals surface area (Å²) in [6.07, 6.45) is 11.7. The Morgan fingerprint density at radius 1 is 0.621 bits per heavy atom. The molecule has 0 N–H and O–H groups in total. The van der Waals surface area contributed by atoms with E-state index in [1.165, 1.54) is 0 Å². The second-order valence-electron chi connectivity index (χ2n) is 16.5. The molecule has 6 fully saturated rings. The molecule has 10 nitrogen and oxygen atoms in total. The number of piperidine rings is 6. The molecule has 6 aliphatic heterocycles. The average Bonchev–Trinajstić information content (AvgIpc) is 3.29. The van der Waals surface area contributed by atoms with Crippen LogP contribution in [0, 0.1) is 23.7 Å². The highest BCUT2D eigenvalue weighted by atomic mass is 16.5. The van der Waals surface area contributed by atoms with Crippen LogP contribution >= 0.6 is 0 Å². The maximum atomic E-state index is 7.26. The first-order valence-electron chi connectivity index (χ1n) is 20.7. The summed E-state index contributed by atoms with van der Waals surface area (Å²) in [6, 6.07) is 24.7. The standard InChI is InChI=1S/C48H50N6O4/c1-5-29-27-53-21-17-31(29)23-43(53)45(35-15-19-49-41-13-11-33(55-3)25-39(35)41)57-47-37-9-7-8-10-38(37)48(52-51-47)58-46(44-24-32-18-22-54(44)28-30(32)6-2)36-16-20-50-42-14-12-34(56-4)26-40(36)42/h5-16,19-20,25-26,29-32,43-46H,1-2,17-18,21-24,27-28H2,3-4H3. The lowest BCUT2D eigenvalue weighted by Gasteiger charge is -2.51. The third-order valence-electron chi connectivity index (χ3n) is 13.7. The van der Waals surface area contributed by atoms with Crippen molar-refractivity contribution >= 4 is 32.6 Å². The minimum absolute atomic E-state index is 0.125. The monoisotopic (exact) mass is 774 g/mol. The van der Waals surface area contributed by atoms with E-state index in [0.29, 0.717) is 35.4 Å². The smallest absolute Gasteiger partial charge is 0.242 e. The highest BCUT2D eigenvalue weighted by molar-refractivity contribution is 5.91. The van der Waals surface area contributed by atoms with Gasteiger partial charge in [0.2, 0.25) is 11.8 Å². The van der Waals surface area contributed by atoms with Gasteiger partial charge in [0.15, 0.2) is 0 Å². The quantitative estimate of drug-likeness (QED) is 0.112. The van der Waals surface area contributed by atoms with Gasteiger partial charge < -0.3 is 18.9 Å². The van der Waals surface area contributed by atoms with Crippen LogP contribution in [-0.2, 0) is 0 Å². The van der Waals surface area contributed by atoms with Crippen LogP contribution in [0.15, 0.2) is 111 Å². The normalized spacial score (nSPS) is 27.3. The van der Waals surface area contributed by atoms with E-state index in [1.807, 2.05) is 48.8 Å². The Balaban J connectivity index is 1.07. The van der Waals surface area contributed by atoms with Gasteiger partial charge in [0.25, 0.3) is 0 Å². The van der Waals surface area contributed by atoms with Crippen LogP contribution in [0.1, 0.15) is 49.0 Å². The first-order valence-corrected chi connectivity index (χ1v) is 20.7. The predicted octanol–water partition coefficient (Wildman–Crippen LogP) is 8.78. The summed E-state index contributed by atoms with van der Waals surface area (Å²) in [5.41, 5.74) is 3.90. The number of fused-ring (bicyclic) bond motifs is 9. The molecular formula is C48H50N6O4. The van der Waals surface area contributed by atoms with E-state index in [9.17, 15) is 0 Å². The minimum atomic E-state index is -0.343. The third kappa shape index (κ3) is 6.43. The molecule has 0 aliphatic carbocycles. The summed E-state index contributed by atoms with van der Waals surface area (Å²) in [4.78, 5) is 14.6. The molecule has 12 rings (SSSR count). The number of aromatic nitrogens is 4. The van der Waals surface area contributed by atoms with Gasteiger partial charge in [0.05, 0.1) is 48.1 Å². The molecule has 3 aromatic heterocycles. The number of ether oxygens (including phenoxy) is 4. The predicted molar refractivity (Wildman–Crippen MR) is 226 cm³/mol. The molecule has 296 valence electrons. The van der Waals surface area contributed by atoms with Crippen molar-refractivity contribution in [3.8, 4) is 23.3 Å². The van der Waals surface area contributed by atoms with Gasteiger partial charge in [0.1, 0.15) is 23.7 Å². The second-order valence-corrected chi connectivity index (χ2v) is 16.5. The molecule has 0 spiro atoms. The molecule has 6 saturated heterocycles. The van der Waals surface area contributed by atoms with E-state index in [1.54, 1.807) is 14.2 Å². The molecule has 9 heterocycles. The Kier molecular flexibility index (Phi) is 9.69. The molecule has 6 aromatic rings. The van der Waals surface area contributed by atoms with Crippen LogP contribution in [0.4, 0.5) is 0 Å². The number of nitrogens with zero attached hydrogens (tertiary/aromatic N) is 6. The van der Waals surface area contributed by atoms with Crippen molar-refractivity contribution in [2.45, 2.75) is 50.0 Å². The number of methoxy groups -OCH3 is 2. The number of pyridine rings is 2. The van der Waals surface area contributed by atoms with Crippen molar-refractivity contribution < 1.29 is 18.9 Å². The first kappa shape index (κ1) is 36.7. The van der Waals surface area contributed by atoms with Gasteiger partial charge in [-0.25, -0.2) is 0 Å². The van der Waals surface area contributed by atoms with Crippen LogP contribution in [0.3, 0.4) is 0 Å². The number of hydrogen-bond donors (Lipinski definition) is 0. The second kappa shape index (κ2) is 15.3. The van der Waals surface area contributed by atoms with E-state index in [0.717, 1.165) is 107 Å². The fourth-order valence-electron chi connectivity index (χ4n) is 10.6. The van der Waals surface area contributed by atoms with Crippen LogP contribution in [0.25, 0.3) is 32.6 Å². The summed E-state index contributed by atoms with van der Waals surface area (Å²) in [6.45, 7) is 12.3. The van der Waals surface area contributed by atoms with Gasteiger partial charge in [-0.05, 0) is 123 Å². The van der Waals surface area contributed by atoms with Gasteiger partial charge >= 0.3 is 0 Å². The fourth-order valence-corrected chi connectivity index (χ4v) is 10.6. The Morgan fingerprint density at radius 2 is 1.09 bits per heavy atom. The van der Waals surface area contributed by atoms with E-state index < -0.39 is 0 Å². The highest BCUT2D eigenvalue weighted by Gasteiger charge is 2.46. The summed E-state index contributed by atoms with van der Waals surface area (Å²) in [5, 5.41) is 13.5. The van der Waals surface area contributed by atoms with E-state index in [4.69, 9.17) is 39.1 Å². The third-order valence-corrected chi connectivity index (χ3v) is 13.7. The number of hydrogen-bond acceptors (Lipinski definition) is 10. The summed E-state index contributed by atoms with van der Waals surface area (Å²) < 4.78 is 25.9. The van der Waals surface area contributed by atoms with Crippen molar-refractivity contribution in [1.82, 2.24) is 30.0 Å². The fraction of sp³-hybridized carbons (Fsp3) is 0.375. The minimum Gasteiger partial charge on any atom is -0.497 e. The van der Waals surface area contributed by atoms with E-state index in [2.05, 4.69) is 71.5 Å². The topological polar surface area (TPSA) is 95.0 Å². The molecule has 0 saturated carbocycles. The molecule has 58 heavy (non-hydrogen) atoms. The van der Waals surface area contributed by atoms with Crippen LogP contribution in [0.5, 0.6) is 23.3 Å². The van der Waals surface area contributed by atoms with Crippen molar-refractivity contribution in [2.75, 3.05) is 40.4 Å². The molecule has 4 bridgehead atoms. The lowest BCUT2D eigenvalue weighted by molar-refractivity contribution is -0.0382. The number of rotatable bonds is 12.